The molecule has 122 valence electrons. The predicted molar refractivity (Wildman–Crippen MR) is 110 cm³/mol. The molecular weight excluding hydrogens is 314 g/mol. The molecule has 1 heteroatoms. The summed E-state index contributed by atoms with van der Waals surface area (Å²) >= 11 is 0. The number of pyridine rings is 2. The summed E-state index contributed by atoms with van der Waals surface area (Å²) in [6.45, 7) is 0. The molecule has 0 N–H and O–H groups in total. The number of hydrogen-bond acceptors (Lipinski definition) is 0. The Morgan fingerprint density at radius 3 is 2.23 bits per heavy atom. The third kappa shape index (κ3) is 2.55. The van der Waals surface area contributed by atoms with Gasteiger partial charge in [-0.2, -0.15) is 4.40 Å². The third-order valence-electron chi connectivity index (χ3n) is 4.91. The van der Waals surface area contributed by atoms with Gasteiger partial charge >= 0.3 is 0 Å². The van der Waals surface area contributed by atoms with Crippen LogP contribution < -0.4 is 4.40 Å². The molecule has 0 saturated carbocycles. The Labute approximate surface area is 152 Å². The molecule has 1 nitrogen and oxygen atoms in total. The molecule has 0 spiro atoms. The van der Waals surface area contributed by atoms with Crippen molar-refractivity contribution in [3.05, 3.63) is 108 Å². The van der Waals surface area contributed by atoms with Gasteiger partial charge in [0.1, 0.15) is 0 Å². The Hall–Kier alpha value is -3.45. The van der Waals surface area contributed by atoms with Gasteiger partial charge < -0.3 is 0 Å². The molecule has 3 aromatic carbocycles. The van der Waals surface area contributed by atoms with E-state index in [0.717, 1.165) is 0 Å². The summed E-state index contributed by atoms with van der Waals surface area (Å²) in [5.41, 5.74) is 3.65. The van der Waals surface area contributed by atoms with Gasteiger partial charge in [-0.05, 0) is 27.3 Å². The Bertz CT molecular complexity index is 1260. The van der Waals surface area contributed by atoms with Crippen LogP contribution in [0.1, 0.15) is 11.1 Å². The van der Waals surface area contributed by atoms with Crippen molar-refractivity contribution in [1.82, 2.24) is 0 Å². The molecule has 26 heavy (non-hydrogen) atoms. The molecular formula is C25H18N+. The maximum atomic E-state index is 2.27. The van der Waals surface area contributed by atoms with Crippen molar-refractivity contribution in [3.63, 3.8) is 0 Å². The fourth-order valence-electron chi connectivity index (χ4n) is 3.59. The zero-order valence-electron chi connectivity index (χ0n) is 14.3. The number of hydrogen-bond donors (Lipinski definition) is 0. The lowest BCUT2D eigenvalue weighted by Gasteiger charge is -2.04. The van der Waals surface area contributed by atoms with Crippen LogP contribution >= 0.6 is 0 Å². The molecule has 0 radical (unpaired) electrons. The molecule has 0 aliphatic carbocycles. The van der Waals surface area contributed by atoms with Crippen molar-refractivity contribution < 1.29 is 4.40 Å². The fraction of sp³-hybridized carbons (Fsp3) is 0. The molecule has 0 unspecified atom stereocenters. The van der Waals surface area contributed by atoms with Crippen LogP contribution in [-0.2, 0) is 0 Å². The highest BCUT2D eigenvalue weighted by Crippen LogP contribution is 2.27. The van der Waals surface area contributed by atoms with Gasteiger partial charge in [0.15, 0.2) is 12.4 Å². The fourth-order valence-corrected chi connectivity index (χ4v) is 3.59. The van der Waals surface area contributed by atoms with Crippen molar-refractivity contribution >= 4 is 39.2 Å². The van der Waals surface area contributed by atoms with E-state index in [4.69, 9.17) is 0 Å². The van der Waals surface area contributed by atoms with Gasteiger partial charge in [-0.25, -0.2) is 0 Å². The van der Waals surface area contributed by atoms with Crippen LogP contribution in [0.4, 0.5) is 0 Å². The second-order valence-electron chi connectivity index (χ2n) is 6.56. The van der Waals surface area contributed by atoms with Crippen molar-refractivity contribution in [2.24, 2.45) is 0 Å². The summed E-state index contributed by atoms with van der Waals surface area (Å²) in [4.78, 5) is 0. The van der Waals surface area contributed by atoms with Crippen LogP contribution in [0.15, 0.2) is 97.3 Å². The average Bonchev–Trinajstić information content (AvgIpc) is 2.72. The summed E-state index contributed by atoms with van der Waals surface area (Å²) in [6.07, 6.45) is 8.62. The summed E-state index contributed by atoms with van der Waals surface area (Å²) in [5, 5.41) is 5.15. The SMILES string of the molecule is C(=C\c1cc[n+]2ccc3ccc4ccccc4c3c2c1)/c1ccccc1. The van der Waals surface area contributed by atoms with Crippen molar-refractivity contribution in [2.75, 3.05) is 0 Å². The molecule has 2 aromatic heterocycles. The highest BCUT2D eigenvalue weighted by molar-refractivity contribution is 6.13. The molecule has 2 heterocycles. The Balaban J connectivity index is 1.75. The number of aromatic nitrogens is 1. The van der Waals surface area contributed by atoms with Crippen LogP contribution in [0.5, 0.6) is 0 Å². The van der Waals surface area contributed by atoms with Crippen molar-refractivity contribution in [3.8, 4) is 0 Å². The van der Waals surface area contributed by atoms with Gasteiger partial charge in [-0.3, -0.25) is 0 Å². The lowest BCUT2D eigenvalue weighted by Crippen LogP contribution is -2.20. The number of benzene rings is 3. The third-order valence-corrected chi connectivity index (χ3v) is 4.91. The lowest BCUT2D eigenvalue weighted by atomic mass is 10.0. The first-order valence-electron chi connectivity index (χ1n) is 8.87. The van der Waals surface area contributed by atoms with E-state index in [0.29, 0.717) is 0 Å². The molecule has 0 aliphatic rings. The van der Waals surface area contributed by atoms with Crippen molar-refractivity contribution in [2.45, 2.75) is 0 Å². The normalized spacial score (nSPS) is 11.7. The van der Waals surface area contributed by atoms with Crippen LogP contribution in [-0.4, -0.2) is 0 Å². The zero-order valence-corrected chi connectivity index (χ0v) is 14.3. The van der Waals surface area contributed by atoms with Crippen LogP contribution in [0.3, 0.4) is 0 Å². The molecule has 0 fully saturated rings. The summed E-state index contributed by atoms with van der Waals surface area (Å²) in [7, 11) is 0. The smallest absolute Gasteiger partial charge is 0.167 e. The maximum absolute atomic E-state index is 2.27. The predicted octanol–water partition coefficient (Wildman–Crippen LogP) is 5.90. The standard InChI is InChI=1S/C25H18N/c1-2-6-19(7-3-1)10-11-20-14-16-26-17-15-22-13-12-21-8-4-5-9-23(21)25(22)24(26)18-20/h1-18H/q+1/b11-10+. The summed E-state index contributed by atoms with van der Waals surface area (Å²) in [5.74, 6) is 0. The van der Waals surface area contributed by atoms with E-state index < -0.39 is 0 Å². The molecule has 5 rings (SSSR count). The molecule has 0 saturated heterocycles. The van der Waals surface area contributed by atoms with E-state index in [1.54, 1.807) is 0 Å². The first-order chi connectivity index (χ1) is 12.9. The van der Waals surface area contributed by atoms with E-state index in [-0.39, 0.29) is 0 Å². The minimum atomic E-state index is 1.20. The van der Waals surface area contributed by atoms with E-state index in [9.17, 15) is 0 Å². The Morgan fingerprint density at radius 1 is 0.577 bits per heavy atom. The second-order valence-corrected chi connectivity index (χ2v) is 6.56. The first-order valence-corrected chi connectivity index (χ1v) is 8.87. The largest absolute Gasteiger partial charge is 0.219 e. The monoisotopic (exact) mass is 332 g/mol. The topological polar surface area (TPSA) is 4.10 Å². The van der Waals surface area contributed by atoms with E-state index in [1.807, 2.05) is 6.07 Å². The van der Waals surface area contributed by atoms with E-state index >= 15 is 0 Å². The van der Waals surface area contributed by atoms with Crippen molar-refractivity contribution in [1.29, 1.82) is 0 Å². The Kier molecular flexibility index (Phi) is 3.50. The minimum Gasteiger partial charge on any atom is -0.167 e. The van der Waals surface area contributed by atoms with Gasteiger partial charge in [-0.15, -0.1) is 0 Å². The quantitative estimate of drug-likeness (QED) is 0.280. The van der Waals surface area contributed by atoms with Gasteiger partial charge in [-0.1, -0.05) is 78.9 Å². The van der Waals surface area contributed by atoms with Crippen LogP contribution in [0, 0.1) is 0 Å². The maximum Gasteiger partial charge on any atom is 0.219 e. The number of nitrogens with zero attached hydrogens (tertiary/aromatic N) is 1. The van der Waals surface area contributed by atoms with Gasteiger partial charge in [0, 0.05) is 18.2 Å². The highest BCUT2D eigenvalue weighted by Gasteiger charge is 2.11. The minimum absolute atomic E-state index is 1.20. The van der Waals surface area contributed by atoms with E-state index in [2.05, 4.69) is 108 Å². The summed E-state index contributed by atoms with van der Waals surface area (Å²) in [6, 6.07) is 30.0. The van der Waals surface area contributed by atoms with E-state index in [1.165, 1.54) is 38.2 Å². The van der Waals surface area contributed by atoms with Crippen LogP contribution in [0.25, 0.3) is 39.2 Å². The molecule has 0 atom stereocenters. The average molecular weight is 332 g/mol. The van der Waals surface area contributed by atoms with Crippen LogP contribution in [0.2, 0.25) is 0 Å². The lowest BCUT2D eigenvalue weighted by molar-refractivity contribution is -0.510. The van der Waals surface area contributed by atoms with Gasteiger partial charge in [0.05, 0.1) is 5.39 Å². The summed E-state index contributed by atoms with van der Waals surface area (Å²) < 4.78 is 2.20. The molecule has 0 amide bonds. The Morgan fingerprint density at radius 2 is 1.31 bits per heavy atom. The number of rotatable bonds is 2. The number of fused-ring (bicyclic) bond motifs is 5. The molecule has 5 aromatic rings. The highest BCUT2D eigenvalue weighted by atomic mass is 14.8. The van der Waals surface area contributed by atoms with Gasteiger partial charge in [0.2, 0.25) is 5.52 Å². The molecule has 0 bridgehead atoms. The zero-order chi connectivity index (χ0) is 17.3. The first kappa shape index (κ1) is 14.9. The second kappa shape index (κ2) is 6.12. The van der Waals surface area contributed by atoms with Gasteiger partial charge in [0.25, 0.3) is 0 Å². The molecule has 0 aliphatic heterocycles.